The summed E-state index contributed by atoms with van der Waals surface area (Å²) < 4.78 is 59.6. The third kappa shape index (κ3) is 8.73. The molecule has 0 saturated heterocycles. The Hall–Kier alpha value is -3.15. The van der Waals surface area contributed by atoms with Crippen LogP contribution in [0.1, 0.15) is 24.6 Å². The van der Waals surface area contributed by atoms with Crippen molar-refractivity contribution in [3.05, 3.63) is 108 Å². The monoisotopic (exact) mass is 542 g/mol. The van der Waals surface area contributed by atoms with E-state index in [4.69, 9.17) is 23.8 Å². The van der Waals surface area contributed by atoms with Gasteiger partial charge in [-0.1, -0.05) is 67.6 Å². The highest BCUT2D eigenvalue weighted by Gasteiger charge is 2.21. The first-order chi connectivity index (χ1) is 17.5. The molecule has 0 fully saturated rings. The minimum absolute atomic E-state index is 0.128. The number of nitrogens with two attached hydrogens (primary N) is 1. The summed E-state index contributed by atoms with van der Waals surface area (Å²) in [6.07, 6.45) is 1.96. The molecule has 4 aromatic rings. The number of sulfonamides is 1. The zero-order valence-corrected chi connectivity index (χ0v) is 21.7. The van der Waals surface area contributed by atoms with Crippen molar-refractivity contribution in [1.29, 1.82) is 0 Å². The molecular weight excluding hydrogens is 516 g/mol. The Bertz CT molecular complexity index is 1400. The van der Waals surface area contributed by atoms with Crippen molar-refractivity contribution >= 4 is 10.0 Å². The topological polar surface area (TPSA) is 156 Å². The summed E-state index contributed by atoms with van der Waals surface area (Å²) in [6.45, 7) is 2.82. The molecule has 0 bridgehead atoms. The minimum atomic E-state index is -4.94. The van der Waals surface area contributed by atoms with Crippen LogP contribution in [0.3, 0.4) is 0 Å². The van der Waals surface area contributed by atoms with Gasteiger partial charge in [0.25, 0.3) is 0 Å². The molecule has 3 aromatic carbocycles. The zero-order chi connectivity index (χ0) is 27.1. The predicted molar refractivity (Wildman–Crippen MR) is 128 cm³/mol. The van der Waals surface area contributed by atoms with Gasteiger partial charge in [0, 0.05) is 29.7 Å². The normalized spacial score (nSPS) is 11.5. The molecule has 194 valence electrons. The summed E-state index contributed by atoms with van der Waals surface area (Å²) in [6, 6.07) is 32.1. The first-order valence-corrected chi connectivity index (χ1v) is 14.1. The van der Waals surface area contributed by atoms with Crippen molar-refractivity contribution in [2.24, 2.45) is 5.14 Å². The largest absolute Gasteiger partial charge is 0.238 e. The number of primary sulfonamides is 1. The lowest BCUT2D eigenvalue weighted by Crippen LogP contribution is -2.68. The lowest BCUT2D eigenvalue weighted by atomic mass is 9.99. The van der Waals surface area contributed by atoms with Gasteiger partial charge in [-0.3, -0.25) is 0 Å². The molecule has 0 aliphatic heterocycles. The highest BCUT2D eigenvalue weighted by Crippen LogP contribution is 2.26. The van der Waals surface area contributed by atoms with E-state index in [1.807, 2.05) is 24.3 Å². The summed E-state index contributed by atoms with van der Waals surface area (Å²) in [5.74, 6) is 0. The van der Waals surface area contributed by atoms with Gasteiger partial charge in [0.05, 0.1) is 4.90 Å². The molecule has 0 saturated carbocycles. The van der Waals surface area contributed by atoms with Crippen molar-refractivity contribution in [1.82, 2.24) is 0 Å². The third-order valence-electron chi connectivity index (χ3n) is 5.53. The standard InChI is InChI=1S/C27H27N2O2S.ClHO4/c1-2-9-25-18-24(22-10-5-3-6-11-22)19-27(23-12-7-4-8-13-23)29(25)20-21-14-16-26(17-15-21)32(28,30)31;2-1(3,4)5/h3-8,10-19H,2,9,20H2,1H3,(H2,28,30,31);(H,2,3,4,5)/q+1;/p-1. The maximum atomic E-state index is 11.6. The fraction of sp³-hybridized carbons (Fsp3) is 0.148. The number of benzene rings is 3. The fourth-order valence-corrected chi connectivity index (χ4v) is 4.46. The summed E-state index contributed by atoms with van der Waals surface area (Å²) in [5.41, 5.74) is 6.91. The number of hydrogen-bond acceptors (Lipinski definition) is 6. The van der Waals surface area contributed by atoms with Crippen molar-refractivity contribution in [3.8, 4) is 22.4 Å². The van der Waals surface area contributed by atoms with E-state index in [1.54, 1.807) is 12.1 Å². The van der Waals surface area contributed by atoms with E-state index in [2.05, 4.69) is 72.2 Å². The van der Waals surface area contributed by atoms with Crippen LogP contribution in [-0.2, 0) is 23.0 Å². The van der Waals surface area contributed by atoms with Gasteiger partial charge < -0.3 is 0 Å². The molecule has 0 spiro atoms. The van der Waals surface area contributed by atoms with Crippen LogP contribution in [0.25, 0.3) is 22.4 Å². The van der Waals surface area contributed by atoms with Crippen molar-refractivity contribution in [3.63, 3.8) is 0 Å². The predicted octanol–water partition coefficient (Wildman–Crippen LogP) is 0.200. The molecule has 37 heavy (non-hydrogen) atoms. The van der Waals surface area contributed by atoms with Crippen LogP contribution in [0.5, 0.6) is 0 Å². The van der Waals surface area contributed by atoms with E-state index in [0.717, 1.165) is 29.7 Å². The van der Waals surface area contributed by atoms with E-state index in [9.17, 15) is 8.42 Å². The Morgan fingerprint density at radius 1 is 0.757 bits per heavy atom. The molecule has 0 radical (unpaired) electrons. The molecule has 1 aromatic heterocycles. The van der Waals surface area contributed by atoms with Gasteiger partial charge in [-0.2, -0.15) is 4.57 Å². The molecule has 8 nitrogen and oxygen atoms in total. The molecule has 0 unspecified atom stereocenters. The molecule has 4 rings (SSSR count). The average Bonchev–Trinajstić information content (AvgIpc) is 2.85. The number of aryl methyl sites for hydroxylation is 1. The van der Waals surface area contributed by atoms with E-state index in [1.165, 1.54) is 16.8 Å². The van der Waals surface area contributed by atoms with E-state index in [0.29, 0.717) is 6.54 Å². The molecule has 2 N–H and O–H groups in total. The highest BCUT2D eigenvalue weighted by atomic mass is 35.7. The van der Waals surface area contributed by atoms with Crippen molar-refractivity contribution < 1.29 is 41.9 Å². The number of nitrogens with zero attached hydrogens (tertiary/aromatic N) is 1. The Labute approximate surface area is 218 Å². The molecule has 0 amide bonds. The van der Waals surface area contributed by atoms with Gasteiger partial charge in [-0.05, 0) is 41.8 Å². The third-order valence-corrected chi connectivity index (χ3v) is 6.46. The minimum Gasteiger partial charge on any atom is -0.225 e. The first-order valence-electron chi connectivity index (χ1n) is 11.4. The molecule has 1 heterocycles. The lowest BCUT2D eigenvalue weighted by Gasteiger charge is -2.17. The van der Waals surface area contributed by atoms with Crippen LogP contribution >= 0.6 is 0 Å². The Morgan fingerprint density at radius 3 is 1.76 bits per heavy atom. The lowest BCUT2D eigenvalue weighted by molar-refractivity contribution is -2.00. The zero-order valence-electron chi connectivity index (χ0n) is 20.1. The second-order valence-electron chi connectivity index (χ2n) is 8.26. The quantitative estimate of drug-likeness (QED) is 0.329. The van der Waals surface area contributed by atoms with Crippen LogP contribution in [-0.4, -0.2) is 8.42 Å². The van der Waals surface area contributed by atoms with Crippen LogP contribution in [0.15, 0.2) is 102 Å². The van der Waals surface area contributed by atoms with Gasteiger partial charge in [-0.25, -0.2) is 32.2 Å². The number of pyridine rings is 1. The second-order valence-corrected chi connectivity index (χ2v) is 10.6. The number of rotatable bonds is 7. The smallest absolute Gasteiger partial charge is 0.225 e. The van der Waals surface area contributed by atoms with Gasteiger partial charge >= 0.3 is 0 Å². The van der Waals surface area contributed by atoms with E-state index in [-0.39, 0.29) is 4.90 Å². The van der Waals surface area contributed by atoms with Gasteiger partial charge in [0.15, 0.2) is 12.2 Å². The van der Waals surface area contributed by atoms with Crippen LogP contribution < -0.4 is 28.3 Å². The number of hydrogen-bond donors (Lipinski definition) is 1. The van der Waals surface area contributed by atoms with Crippen molar-refractivity contribution in [2.75, 3.05) is 0 Å². The SMILES string of the molecule is CCCc1cc(-c2ccccc2)cc(-c2ccccc2)[n+]1Cc1ccc(S(N)(=O)=O)cc1.[O-][Cl+3]([O-])([O-])[O-]. The Balaban J connectivity index is 0.000000695. The van der Waals surface area contributed by atoms with E-state index >= 15 is 0 Å². The maximum Gasteiger partial charge on any atom is 0.238 e. The maximum absolute atomic E-state index is 11.6. The molecule has 10 heteroatoms. The Morgan fingerprint density at radius 2 is 1.27 bits per heavy atom. The second kappa shape index (κ2) is 12.4. The van der Waals surface area contributed by atoms with Crippen LogP contribution in [0.2, 0.25) is 0 Å². The van der Waals surface area contributed by atoms with E-state index < -0.39 is 20.3 Å². The number of halogens is 1. The summed E-state index contributed by atoms with van der Waals surface area (Å²) >= 11 is 0. The highest BCUT2D eigenvalue weighted by molar-refractivity contribution is 7.89. The fourth-order valence-electron chi connectivity index (χ4n) is 3.94. The van der Waals surface area contributed by atoms with Crippen molar-refractivity contribution in [2.45, 2.75) is 31.2 Å². The first kappa shape index (κ1) is 28.4. The van der Waals surface area contributed by atoms with Gasteiger partial charge in [0.1, 0.15) is 0 Å². The summed E-state index contributed by atoms with van der Waals surface area (Å²) in [7, 11) is -8.65. The Kier molecular flexibility index (Phi) is 9.52. The number of aromatic nitrogens is 1. The molecule has 0 aliphatic rings. The van der Waals surface area contributed by atoms with Crippen LogP contribution in [0, 0.1) is 10.2 Å². The molecule has 0 aliphatic carbocycles. The van der Waals surface area contributed by atoms with Gasteiger partial charge in [0.2, 0.25) is 15.7 Å². The van der Waals surface area contributed by atoms with Crippen LogP contribution in [0.4, 0.5) is 0 Å². The molecule has 0 atom stereocenters. The summed E-state index contributed by atoms with van der Waals surface area (Å²) in [4.78, 5) is 0.128. The summed E-state index contributed by atoms with van der Waals surface area (Å²) in [5, 5.41) is 5.26. The molecular formula is C27H27ClN2O6S. The average molecular weight is 543 g/mol. The van der Waals surface area contributed by atoms with Gasteiger partial charge in [-0.15, -0.1) is 10.2 Å².